The molecule has 10 heteroatoms. The van der Waals surface area contributed by atoms with Gasteiger partial charge in [-0.3, -0.25) is 0 Å². The van der Waals surface area contributed by atoms with Gasteiger partial charge in [-0.05, 0) is 0 Å². The van der Waals surface area contributed by atoms with Gasteiger partial charge in [0.1, 0.15) is 0 Å². The van der Waals surface area contributed by atoms with Gasteiger partial charge >= 0.3 is 75.5 Å². The van der Waals surface area contributed by atoms with Crippen molar-refractivity contribution in [3.63, 3.8) is 0 Å². The summed E-state index contributed by atoms with van der Waals surface area (Å²) in [5.41, 5.74) is 4.15. The number of nitriles is 1. The van der Waals surface area contributed by atoms with Crippen LogP contribution in [0.2, 0.25) is 0 Å². The molecular formula is CH4Ca2N2O5Si. The second kappa shape index (κ2) is 17.8. The zero-order chi connectivity index (χ0) is 7.21. The van der Waals surface area contributed by atoms with E-state index >= 15 is 0 Å². The first kappa shape index (κ1) is 29.3. The van der Waals surface area contributed by atoms with E-state index in [0.717, 1.165) is 0 Å². The number of nitrogens with two attached hydrogens (primary N) is 1. The zero-order valence-corrected chi connectivity index (χ0v) is 11.0. The van der Waals surface area contributed by atoms with Crippen molar-refractivity contribution in [1.82, 2.24) is 0 Å². The van der Waals surface area contributed by atoms with Crippen molar-refractivity contribution in [2.45, 2.75) is 0 Å². The van der Waals surface area contributed by atoms with Crippen LogP contribution in [0.1, 0.15) is 0 Å². The zero-order valence-electron chi connectivity index (χ0n) is 5.57. The molecule has 0 aliphatic carbocycles. The summed E-state index contributed by atoms with van der Waals surface area (Å²) in [6, 6.07) is 0. The summed E-state index contributed by atoms with van der Waals surface area (Å²) >= 11 is 0. The molecule has 56 valence electrons. The fourth-order valence-corrected chi connectivity index (χ4v) is 0. The third kappa shape index (κ3) is 342. The van der Waals surface area contributed by atoms with Gasteiger partial charge in [0, 0.05) is 0 Å². The SMILES string of the molecule is N#CN.O.[Ca+2].[Ca+2].[O-][Si]([O-])([O-])[O-]. The van der Waals surface area contributed by atoms with E-state index in [1.807, 2.05) is 0 Å². The molecule has 0 unspecified atom stereocenters. The summed E-state index contributed by atoms with van der Waals surface area (Å²) in [4.78, 5) is 34.3. The molecule has 0 saturated carbocycles. The molecule has 0 aromatic rings. The van der Waals surface area contributed by atoms with Crippen molar-refractivity contribution < 1.29 is 24.7 Å². The Morgan fingerprint density at radius 1 is 1.09 bits per heavy atom. The predicted molar refractivity (Wildman–Crippen MR) is 30.7 cm³/mol. The minimum Gasteiger partial charge on any atom is -0.894 e. The minimum atomic E-state index is -5.61. The van der Waals surface area contributed by atoms with Gasteiger partial charge < -0.3 is 39.4 Å². The number of rotatable bonds is 0. The first-order valence-electron chi connectivity index (χ1n) is 1.33. The molecule has 0 spiro atoms. The summed E-state index contributed by atoms with van der Waals surface area (Å²) in [6.07, 6.45) is 1.25. The summed E-state index contributed by atoms with van der Waals surface area (Å²) < 4.78 is 0. The van der Waals surface area contributed by atoms with Crippen LogP contribution < -0.4 is 24.9 Å². The van der Waals surface area contributed by atoms with E-state index in [-0.39, 0.29) is 81.0 Å². The molecule has 0 aromatic carbocycles. The van der Waals surface area contributed by atoms with Crippen LogP contribution in [0.15, 0.2) is 0 Å². The van der Waals surface area contributed by atoms with E-state index in [1.54, 1.807) is 0 Å². The van der Waals surface area contributed by atoms with Crippen molar-refractivity contribution in [1.29, 1.82) is 5.26 Å². The molecule has 0 aromatic heterocycles. The van der Waals surface area contributed by atoms with Crippen molar-refractivity contribution in [2.24, 2.45) is 5.73 Å². The topological polar surface area (TPSA) is 174 Å². The maximum atomic E-state index is 8.58. The van der Waals surface area contributed by atoms with Gasteiger partial charge in [0.25, 0.3) is 0 Å². The van der Waals surface area contributed by atoms with Gasteiger partial charge in [-0.1, -0.05) is 0 Å². The van der Waals surface area contributed by atoms with E-state index in [2.05, 4.69) is 5.73 Å². The minimum absolute atomic E-state index is 0. The average molecular weight is 232 g/mol. The molecule has 4 N–H and O–H groups in total. The van der Waals surface area contributed by atoms with Crippen LogP contribution in [0.25, 0.3) is 0 Å². The fourth-order valence-electron chi connectivity index (χ4n) is 0. The van der Waals surface area contributed by atoms with Gasteiger partial charge in [0.15, 0.2) is 6.19 Å². The van der Waals surface area contributed by atoms with E-state index in [4.69, 9.17) is 24.4 Å². The van der Waals surface area contributed by atoms with Crippen molar-refractivity contribution >= 4 is 84.5 Å². The maximum Gasteiger partial charge on any atom is 2.00 e. The summed E-state index contributed by atoms with van der Waals surface area (Å²) in [5.74, 6) is 0. The molecule has 0 radical (unpaired) electrons. The molecule has 7 nitrogen and oxygen atoms in total. The molecule has 0 heterocycles. The molecule has 0 fully saturated rings. The number of hydrogen-bond donors (Lipinski definition) is 1. The van der Waals surface area contributed by atoms with Crippen molar-refractivity contribution in [3.8, 4) is 6.19 Å². The van der Waals surface area contributed by atoms with Crippen molar-refractivity contribution in [2.75, 3.05) is 0 Å². The molecule has 0 aliphatic heterocycles. The molecular weight excluding hydrogens is 228 g/mol. The molecule has 0 rings (SSSR count). The van der Waals surface area contributed by atoms with E-state index in [0.29, 0.717) is 0 Å². The number of nitrogens with zero attached hydrogens (tertiary/aromatic N) is 1. The van der Waals surface area contributed by atoms with E-state index < -0.39 is 9.05 Å². The third-order valence-corrected chi connectivity index (χ3v) is 0. The van der Waals surface area contributed by atoms with Crippen molar-refractivity contribution in [3.05, 3.63) is 0 Å². The molecule has 0 amide bonds. The largest absolute Gasteiger partial charge is 2.00 e. The summed E-state index contributed by atoms with van der Waals surface area (Å²) in [6.45, 7) is 0. The molecule has 0 bridgehead atoms. The van der Waals surface area contributed by atoms with Crippen LogP contribution in [0, 0.1) is 11.5 Å². The maximum absolute atomic E-state index is 8.58. The van der Waals surface area contributed by atoms with Crippen LogP contribution in [-0.4, -0.2) is 90.0 Å². The van der Waals surface area contributed by atoms with Gasteiger partial charge in [-0.25, -0.2) is 0 Å². The number of hydrogen-bond acceptors (Lipinski definition) is 6. The molecule has 0 aliphatic rings. The Hall–Kier alpha value is 1.83. The second-order valence-corrected chi connectivity index (χ2v) is 1.63. The van der Waals surface area contributed by atoms with Gasteiger partial charge in [0.05, 0.1) is 0 Å². The Kier molecular flexibility index (Phi) is 47.4. The first-order valence-corrected chi connectivity index (χ1v) is 2.96. The van der Waals surface area contributed by atoms with E-state index in [9.17, 15) is 0 Å². The molecule has 0 saturated heterocycles. The van der Waals surface area contributed by atoms with Gasteiger partial charge in [-0.2, -0.15) is 5.26 Å². The molecule has 11 heavy (non-hydrogen) atoms. The van der Waals surface area contributed by atoms with Crippen LogP contribution in [0.4, 0.5) is 0 Å². The molecule has 0 atom stereocenters. The Balaban J connectivity index is -0.0000000183. The standard InChI is InChI=1S/CH2N2.2Ca.O4Si.H2O/c2-1-3;;;1-5(2,3)4;/h2H2;;;;1H2/q;2*+2;-4;. The average Bonchev–Trinajstić information content (AvgIpc) is 1.27. The quantitative estimate of drug-likeness (QED) is 0.246. The Bertz CT molecular complexity index is 83.5. The summed E-state index contributed by atoms with van der Waals surface area (Å²) in [7, 11) is -5.61. The predicted octanol–water partition coefficient (Wildman–Crippen LogP) is -7.30. The van der Waals surface area contributed by atoms with Gasteiger partial charge in [0.2, 0.25) is 0 Å². The second-order valence-electron chi connectivity index (χ2n) is 0.629. The van der Waals surface area contributed by atoms with Crippen LogP contribution in [-0.2, 0) is 0 Å². The summed E-state index contributed by atoms with van der Waals surface area (Å²) in [5, 5.41) is 7.10. The Morgan fingerprint density at radius 2 is 1.09 bits per heavy atom. The van der Waals surface area contributed by atoms with Crippen LogP contribution >= 0.6 is 0 Å². The normalized spacial score (nSPS) is 6.09. The Labute approximate surface area is 124 Å². The fraction of sp³-hybridized carbons (Fsp3) is 0. The first-order chi connectivity index (χ1) is 3.41. The van der Waals surface area contributed by atoms with E-state index in [1.165, 1.54) is 6.19 Å². The monoisotopic (exact) mass is 232 g/mol. The van der Waals surface area contributed by atoms with Crippen LogP contribution in [0.3, 0.4) is 0 Å². The Morgan fingerprint density at radius 3 is 1.09 bits per heavy atom. The van der Waals surface area contributed by atoms with Crippen LogP contribution in [0.5, 0.6) is 0 Å². The van der Waals surface area contributed by atoms with Gasteiger partial charge in [-0.15, -0.1) is 0 Å². The third-order valence-electron chi connectivity index (χ3n) is 0. The smallest absolute Gasteiger partial charge is 0.894 e.